The molecule has 0 saturated carbocycles. The van der Waals surface area contributed by atoms with E-state index in [1.54, 1.807) is 0 Å². The van der Waals surface area contributed by atoms with Gasteiger partial charge in [-0.3, -0.25) is 4.79 Å². The van der Waals surface area contributed by atoms with Crippen LogP contribution in [-0.4, -0.2) is 24.4 Å². The van der Waals surface area contributed by atoms with Crippen molar-refractivity contribution in [2.45, 2.75) is 27.4 Å². The molecule has 0 fully saturated rings. The molecule has 4 heteroatoms. The molecule has 3 rings (SSSR count). The summed E-state index contributed by atoms with van der Waals surface area (Å²) >= 11 is 0. The number of benzene rings is 3. The summed E-state index contributed by atoms with van der Waals surface area (Å²) in [4.78, 5) is 12.8. The average Bonchev–Trinajstić information content (AvgIpc) is 2.63. The molecule has 0 spiro atoms. The predicted octanol–water partition coefficient (Wildman–Crippen LogP) is 4.95. The third-order valence-corrected chi connectivity index (χ3v) is 5.71. The van der Waals surface area contributed by atoms with Crippen LogP contribution in [0.15, 0.2) is 66.7 Å². The van der Waals surface area contributed by atoms with Gasteiger partial charge in [-0.25, -0.2) is 0 Å². The van der Waals surface area contributed by atoms with Crippen LogP contribution in [0.4, 0.5) is 0 Å². The molecule has 0 heterocycles. The normalized spacial score (nSPS) is 10.6. The average molecular weight is 369 g/mol. The monoisotopic (exact) mass is 369 g/mol. The second-order valence-corrected chi connectivity index (χ2v) is 7.71. The molecule has 0 aliphatic carbocycles. The maximum Gasteiger partial charge on any atom is 0.186 e. The van der Waals surface area contributed by atoms with Crippen LogP contribution in [-0.2, 0) is 6.61 Å². The Kier molecular flexibility index (Phi) is 7.87. The van der Waals surface area contributed by atoms with E-state index in [-0.39, 0.29) is 33.0 Å². The van der Waals surface area contributed by atoms with Gasteiger partial charge in [-0.2, -0.15) is 0 Å². The van der Waals surface area contributed by atoms with Gasteiger partial charge in [0.1, 0.15) is 12.4 Å². The molecule has 0 saturated heterocycles. The molecule has 0 aliphatic heterocycles. The molecule has 0 N–H and O–H groups in total. The molecule has 3 aromatic rings. The number of rotatable bonds is 6. The van der Waals surface area contributed by atoms with Crippen LogP contribution in [0.2, 0.25) is 0 Å². The van der Waals surface area contributed by atoms with Gasteiger partial charge in [-0.15, -0.1) is 0 Å². The zero-order valence-electron chi connectivity index (χ0n) is 16.4. The molecule has 0 bridgehead atoms. The van der Waals surface area contributed by atoms with E-state index in [1.807, 2.05) is 87.5 Å². The van der Waals surface area contributed by atoms with Gasteiger partial charge in [-0.1, -0.05) is 54.6 Å². The largest absolute Gasteiger partial charge is 0.489 e. The Balaban J connectivity index is 0.00000261. The van der Waals surface area contributed by atoms with Gasteiger partial charge in [-0.05, 0) is 69.0 Å². The van der Waals surface area contributed by atoms with Gasteiger partial charge in [0.05, 0.1) is 0 Å². The van der Waals surface area contributed by atoms with E-state index in [1.165, 1.54) is 0 Å². The van der Waals surface area contributed by atoms with Gasteiger partial charge in [0.15, 0.2) is 5.52 Å². The number of ether oxygens (including phenoxy) is 1. The molecule has 1 radical (unpaired) electrons. The number of carbonyl (C=O) groups excluding carboxylic acids is 1. The summed E-state index contributed by atoms with van der Waals surface area (Å²) < 4.78 is 5.87. The topological polar surface area (TPSA) is 26.3 Å². The minimum absolute atomic E-state index is 0. The van der Waals surface area contributed by atoms with E-state index in [9.17, 15) is 4.79 Å². The van der Waals surface area contributed by atoms with Crippen molar-refractivity contribution in [2.75, 3.05) is 0 Å². The first kappa shape index (κ1) is 21.5. The summed E-state index contributed by atoms with van der Waals surface area (Å²) in [6.45, 7) is 6.58. The summed E-state index contributed by atoms with van der Waals surface area (Å²) in [6, 6.07) is 22.1. The zero-order chi connectivity index (χ0) is 18.5. The van der Waals surface area contributed by atoms with E-state index < -0.39 is 0 Å². The number of carbonyl (C=O) groups is 1. The summed E-state index contributed by atoms with van der Waals surface area (Å²) in [7, 11) is 0.124. The van der Waals surface area contributed by atoms with E-state index >= 15 is 0 Å². The minimum atomic E-state index is 0. The van der Waals surface area contributed by atoms with Crippen LogP contribution in [0.1, 0.15) is 32.6 Å². The molecule has 3 aromatic carbocycles. The van der Waals surface area contributed by atoms with E-state index in [4.69, 9.17) is 4.74 Å². The summed E-state index contributed by atoms with van der Waals surface area (Å²) in [5, 5.41) is 1.07. The second-order valence-electron chi connectivity index (χ2n) is 6.47. The van der Waals surface area contributed by atoms with Crippen LogP contribution in [0, 0.1) is 20.8 Å². The molecule has 1 atom stereocenters. The van der Waals surface area contributed by atoms with Crippen LogP contribution >= 0.6 is 8.58 Å². The van der Waals surface area contributed by atoms with Gasteiger partial charge in [0.25, 0.3) is 0 Å². The van der Waals surface area contributed by atoms with Gasteiger partial charge in [0, 0.05) is 24.4 Å². The van der Waals surface area contributed by atoms with E-state index in [2.05, 4.69) is 0 Å². The predicted molar refractivity (Wildman–Crippen MR) is 116 cm³/mol. The Morgan fingerprint density at radius 1 is 0.852 bits per heavy atom. The molecule has 0 aromatic heterocycles. The zero-order valence-corrected chi connectivity index (χ0v) is 17.4. The number of aryl methyl sites for hydroxylation is 3. The standard InChI is InChI=1S/C23H23O2P.Li/c1-16-8-7-9-17(2)22(16)23(24)26-21-13-12-20(14-18(21)3)25-15-19-10-5-4-6-11-19;/h4-14,26H,15H2,1-3H3;. The van der Waals surface area contributed by atoms with Crippen molar-refractivity contribution in [1.29, 1.82) is 0 Å². The Morgan fingerprint density at radius 3 is 2.15 bits per heavy atom. The van der Waals surface area contributed by atoms with Crippen molar-refractivity contribution >= 4 is 38.3 Å². The minimum Gasteiger partial charge on any atom is -0.489 e. The SMILES string of the molecule is Cc1cc(OCc2ccccc2)ccc1PC(=O)c1c(C)cccc1C.[Li]. The van der Waals surface area contributed by atoms with Crippen LogP contribution in [0.3, 0.4) is 0 Å². The van der Waals surface area contributed by atoms with Crippen molar-refractivity contribution < 1.29 is 9.53 Å². The quantitative estimate of drug-likeness (QED) is 0.454. The Hall–Kier alpha value is -1.84. The van der Waals surface area contributed by atoms with Crippen molar-refractivity contribution in [3.05, 3.63) is 94.5 Å². The fourth-order valence-electron chi connectivity index (χ4n) is 2.96. The first-order chi connectivity index (χ1) is 12.5. The third-order valence-electron chi connectivity index (χ3n) is 4.40. The van der Waals surface area contributed by atoms with E-state index in [0.29, 0.717) is 6.61 Å². The molecule has 2 nitrogen and oxygen atoms in total. The maximum absolute atomic E-state index is 12.8. The van der Waals surface area contributed by atoms with Crippen LogP contribution < -0.4 is 10.0 Å². The molecule has 0 aliphatic rings. The summed E-state index contributed by atoms with van der Waals surface area (Å²) in [5.41, 5.74) is 5.37. The Labute approximate surface area is 175 Å². The first-order valence-electron chi connectivity index (χ1n) is 8.69. The molecular weight excluding hydrogens is 346 g/mol. The molecule has 0 amide bonds. The maximum atomic E-state index is 12.8. The van der Waals surface area contributed by atoms with Gasteiger partial charge < -0.3 is 4.74 Å². The summed E-state index contributed by atoms with van der Waals surface area (Å²) in [6.07, 6.45) is 0. The first-order valence-corrected chi connectivity index (χ1v) is 9.69. The smallest absolute Gasteiger partial charge is 0.186 e. The molecular formula is C23H23LiO2P. The third kappa shape index (κ3) is 5.57. The summed E-state index contributed by atoms with van der Waals surface area (Å²) in [5.74, 6) is 0.833. The van der Waals surface area contributed by atoms with Crippen molar-refractivity contribution in [2.24, 2.45) is 0 Å². The second kappa shape index (κ2) is 9.91. The van der Waals surface area contributed by atoms with Gasteiger partial charge >= 0.3 is 0 Å². The molecule has 133 valence electrons. The van der Waals surface area contributed by atoms with Gasteiger partial charge in [0.2, 0.25) is 0 Å². The van der Waals surface area contributed by atoms with Crippen molar-refractivity contribution in [3.63, 3.8) is 0 Å². The fraction of sp³-hybridized carbons (Fsp3) is 0.174. The molecule has 1 unspecified atom stereocenters. The molecule has 27 heavy (non-hydrogen) atoms. The van der Waals surface area contributed by atoms with Crippen molar-refractivity contribution in [1.82, 2.24) is 0 Å². The Bertz CT molecular complexity index is 903. The van der Waals surface area contributed by atoms with E-state index in [0.717, 1.165) is 38.9 Å². The fourth-order valence-corrected chi connectivity index (χ4v) is 4.16. The van der Waals surface area contributed by atoms with Crippen LogP contribution in [0.5, 0.6) is 5.75 Å². The van der Waals surface area contributed by atoms with Crippen LogP contribution in [0.25, 0.3) is 0 Å². The Morgan fingerprint density at radius 2 is 1.52 bits per heavy atom. The van der Waals surface area contributed by atoms with Crippen molar-refractivity contribution in [3.8, 4) is 5.75 Å². The number of hydrogen-bond acceptors (Lipinski definition) is 2. The number of hydrogen-bond donors (Lipinski definition) is 0.